The van der Waals surface area contributed by atoms with E-state index in [0.29, 0.717) is 35.1 Å². The molecule has 1 aliphatic rings. The van der Waals surface area contributed by atoms with Crippen molar-refractivity contribution in [2.75, 3.05) is 22.9 Å². The predicted molar refractivity (Wildman–Crippen MR) is 126 cm³/mol. The molecular formula is C24H22F4N4O5. The number of carboxylic acids is 1. The number of halogens is 4. The maximum atomic E-state index is 14.1. The van der Waals surface area contributed by atoms with Crippen molar-refractivity contribution >= 4 is 17.3 Å². The molecule has 0 bridgehead atoms. The number of hydrogen-bond acceptors (Lipinski definition) is 6. The molecule has 9 nitrogen and oxygen atoms in total. The van der Waals surface area contributed by atoms with Crippen molar-refractivity contribution in [3.63, 3.8) is 0 Å². The molecule has 1 aromatic heterocycles. The number of rotatable bonds is 6. The zero-order valence-corrected chi connectivity index (χ0v) is 19.7. The zero-order valence-electron chi connectivity index (χ0n) is 19.7. The van der Waals surface area contributed by atoms with Crippen LogP contribution >= 0.6 is 0 Å². The number of benzene rings is 2. The van der Waals surface area contributed by atoms with Gasteiger partial charge in [0.15, 0.2) is 0 Å². The van der Waals surface area contributed by atoms with Crippen LogP contribution in [0.2, 0.25) is 0 Å². The molecule has 196 valence electrons. The van der Waals surface area contributed by atoms with Crippen LogP contribution in [-0.2, 0) is 12.7 Å². The van der Waals surface area contributed by atoms with Crippen LogP contribution in [0.1, 0.15) is 35.3 Å². The number of anilines is 2. The Morgan fingerprint density at radius 1 is 1.03 bits per heavy atom. The Balaban J connectivity index is 1.93. The maximum absolute atomic E-state index is 14.1. The molecule has 4 rings (SSSR count). The summed E-state index contributed by atoms with van der Waals surface area (Å²) in [5, 5.41) is 20.2. The Labute approximate surface area is 207 Å². The summed E-state index contributed by atoms with van der Waals surface area (Å²) in [4.78, 5) is 41.3. The second-order valence-electron chi connectivity index (χ2n) is 8.25. The third kappa shape index (κ3) is 4.35. The number of hydrogen-bond donors (Lipinski definition) is 2. The lowest BCUT2D eigenvalue weighted by atomic mass is 10.1. The zero-order chi connectivity index (χ0) is 27.2. The van der Waals surface area contributed by atoms with Crippen molar-refractivity contribution in [3.05, 3.63) is 85.9 Å². The van der Waals surface area contributed by atoms with E-state index >= 15 is 0 Å². The Bertz CT molecular complexity index is 1500. The van der Waals surface area contributed by atoms with Gasteiger partial charge in [0.05, 0.1) is 29.2 Å². The Morgan fingerprint density at radius 3 is 2.27 bits per heavy atom. The molecule has 2 N–H and O–H groups in total. The highest BCUT2D eigenvalue weighted by Crippen LogP contribution is 2.39. The molecule has 1 aliphatic heterocycles. The molecule has 0 amide bonds. The number of aliphatic hydroxyl groups excluding tert-OH is 1. The summed E-state index contributed by atoms with van der Waals surface area (Å²) in [5.74, 6) is -3.29. The fourth-order valence-electron chi connectivity index (χ4n) is 4.48. The van der Waals surface area contributed by atoms with Gasteiger partial charge in [0.2, 0.25) is 6.35 Å². The van der Waals surface area contributed by atoms with Crippen LogP contribution in [0.3, 0.4) is 0 Å². The van der Waals surface area contributed by atoms with E-state index in [1.807, 2.05) is 6.92 Å². The highest BCUT2D eigenvalue weighted by atomic mass is 19.4. The normalized spacial score (nSPS) is 15.3. The smallest absolute Gasteiger partial charge is 0.419 e. The van der Waals surface area contributed by atoms with Crippen LogP contribution < -0.4 is 21.0 Å². The minimum atomic E-state index is -5.12. The lowest BCUT2D eigenvalue weighted by Crippen LogP contribution is -2.43. The van der Waals surface area contributed by atoms with Gasteiger partial charge in [-0.05, 0) is 43.7 Å². The first-order chi connectivity index (χ1) is 17.4. The highest BCUT2D eigenvalue weighted by Gasteiger charge is 2.37. The van der Waals surface area contributed by atoms with Gasteiger partial charge >= 0.3 is 17.8 Å². The van der Waals surface area contributed by atoms with Gasteiger partial charge < -0.3 is 20.0 Å². The number of aliphatic hydroxyl groups is 1. The lowest BCUT2D eigenvalue weighted by Gasteiger charge is -2.26. The molecular weight excluding hydrogens is 500 g/mol. The third-order valence-corrected chi connectivity index (χ3v) is 6.21. The summed E-state index contributed by atoms with van der Waals surface area (Å²) in [6.07, 6.45) is -5.31. The minimum Gasteiger partial charge on any atom is -0.477 e. The predicted octanol–water partition coefficient (Wildman–Crippen LogP) is 2.85. The van der Waals surface area contributed by atoms with Gasteiger partial charge in [-0.1, -0.05) is 12.1 Å². The van der Waals surface area contributed by atoms with Crippen molar-refractivity contribution in [2.45, 2.75) is 32.9 Å². The van der Waals surface area contributed by atoms with E-state index in [1.165, 1.54) is 12.1 Å². The molecule has 2 heterocycles. The summed E-state index contributed by atoms with van der Waals surface area (Å²) in [6, 6.07) is 7.06. The van der Waals surface area contributed by atoms with Crippen LogP contribution in [0.25, 0.3) is 5.69 Å². The van der Waals surface area contributed by atoms with Crippen LogP contribution in [0.15, 0.2) is 52.2 Å². The number of nitrogens with zero attached hydrogens (tertiary/aromatic N) is 4. The number of aromatic carboxylic acids is 1. The molecule has 2 aromatic carbocycles. The van der Waals surface area contributed by atoms with E-state index in [0.717, 1.165) is 22.9 Å². The average Bonchev–Trinajstić information content (AvgIpc) is 3.10. The number of alkyl halides is 3. The van der Waals surface area contributed by atoms with Crippen LogP contribution in [-0.4, -0.2) is 44.8 Å². The Kier molecular flexibility index (Phi) is 6.59. The van der Waals surface area contributed by atoms with Crippen molar-refractivity contribution in [1.29, 1.82) is 0 Å². The summed E-state index contributed by atoms with van der Waals surface area (Å²) in [5.41, 5.74) is -4.41. The van der Waals surface area contributed by atoms with Crippen molar-refractivity contribution in [3.8, 4) is 5.69 Å². The second-order valence-corrected chi connectivity index (χ2v) is 8.25. The summed E-state index contributed by atoms with van der Waals surface area (Å²) in [6.45, 7) is 3.47. The molecule has 0 saturated heterocycles. The van der Waals surface area contributed by atoms with E-state index in [9.17, 15) is 42.2 Å². The van der Waals surface area contributed by atoms with Crippen LogP contribution in [0.5, 0.6) is 0 Å². The van der Waals surface area contributed by atoms with Gasteiger partial charge in [-0.2, -0.15) is 13.2 Å². The van der Waals surface area contributed by atoms with E-state index in [2.05, 4.69) is 0 Å². The summed E-state index contributed by atoms with van der Waals surface area (Å²) in [7, 11) is 0. The van der Waals surface area contributed by atoms with Gasteiger partial charge in [-0.15, -0.1) is 0 Å². The molecule has 3 aromatic rings. The number of aromatic nitrogens is 2. The fourth-order valence-corrected chi connectivity index (χ4v) is 4.48. The SMILES string of the molecule is CCN1c2ccc(-n3cc(C(=O)O)c(=O)n(Cc4cccc(F)c4C(F)(F)F)c3=O)cc2N(CC)C1O. The first kappa shape index (κ1) is 25.9. The second kappa shape index (κ2) is 9.39. The monoisotopic (exact) mass is 522 g/mol. The summed E-state index contributed by atoms with van der Waals surface area (Å²) < 4.78 is 55.8. The lowest BCUT2D eigenvalue weighted by molar-refractivity contribution is -0.140. The van der Waals surface area contributed by atoms with Gasteiger partial charge in [0.25, 0.3) is 5.56 Å². The van der Waals surface area contributed by atoms with Crippen molar-refractivity contribution in [2.24, 2.45) is 0 Å². The molecule has 1 unspecified atom stereocenters. The molecule has 0 aliphatic carbocycles. The maximum Gasteiger partial charge on any atom is 0.419 e. The molecule has 0 spiro atoms. The third-order valence-electron chi connectivity index (χ3n) is 6.21. The Morgan fingerprint density at radius 2 is 1.68 bits per heavy atom. The topological polar surface area (TPSA) is 108 Å². The van der Waals surface area contributed by atoms with Gasteiger partial charge in [0, 0.05) is 19.3 Å². The van der Waals surface area contributed by atoms with E-state index < -0.39 is 58.8 Å². The molecule has 37 heavy (non-hydrogen) atoms. The highest BCUT2D eigenvalue weighted by molar-refractivity contribution is 5.87. The fraction of sp³-hybridized carbons (Fsp3) is 0.292. The van der Waals surface area contributed by atoms with Crippen LogP contribution in [0.4, 0.5) is 28.9 Å². The van der Waals surface area contributed by atoms with Gasteiger partial charge in [0.1, 0.15) is 11.4 Å². The number of fused-ring (bicyclic) bond motifs is 1. The Hall–Kier alpha value is -4.13. The van der Waals surface area contributed by atoms with Crippen molar-refractivity contribution in [1.82, 2.24) is 9.13 Å². The largest absolute Gasteiger partial charge is 0.477 e. The molecule has 13 heteroatoms. The van der Waals surface area contributed by atoms with Crippen molar-refractivity contribution < 1.29 is 32.6 Å². The number of carboxylic acid groups (broad SMARTS) is 1. The van der Waals surface area contributed by atoms with Crippen LogP contribution in [0, 0.1) is 5.82 Å². The van der Waals surface area contributed by atoms with E-state index in [-0.39, 0.29) is 5.69 Å². The standard InChI is InChI=1S/C24H22F4N4O5/c1-3-29-17-9-8-14(10-18(17)30(4-2)22(29)36)31-12-15(21(34)35)20(33)32(23(31)37)11-13-6-5-7-16(25)19(13)24(26,27)28/h5-10,12,22,36H,3-4,11H2,1-2H3,(H,34,35). The van der Waals surface area contributed by atoms with E-state index in [1.54, 1.807) is 22.8 Å². The minimum absolute atomic E-state index is 0.110. The van der Waals surface area contributed by atoms with Gasteiger partial charge in [-0.25, -0.2) is 14.0 Å². The average molecular weight is 522 g/mol. The first-order valence-electron chi connectivity index (χ1n) is 11.2. The molecule has 0 radical (unpaired) electrons. The first-order valence-corrected chi connectivity index (χ1v) is 11.2. The quantitative estimate of drug-likeness (QED) is 0.480. The molecule has 0 fully saturated rings. The van der Waals surface area contributed by atoms with Gasteiger partial charge in [-0.3, -0.25) is 13.9 Å². The van der Waals surface area contributed by atoms with E-state index in [4.69, 9.17) is 0 Å². The number of carbonyl (C=O) groups is 1. The molecule has 0 saturated carbocycles. The molecule has 1 atom stereocenters. The summed E-state index contributed by atoms with van der Waals surface area (Å²) >= 11 is 0.